The number of terminal acetylenes is 1. The molecule has 0 saturated carbocycles. The molecule has 0 amide bonds. The number of nitrogens with two attached hydrogens (primary N) is 1. The van der Waals surface area contributed by atoms with Gasteiger partial charge >= 0.3 is 0 Å². The van der Waals surface area contributed by atoms with Crippen LogP contribution >= 0.6 is 0 Å². The van der Waals surface area contributed by atoms with Gasteiger partial charge in [0.1, 0.15) is 0 Å². The Labute approximate surface area is 61.8 Å². The van der Waals surface area contributed by atoms with Crippen molar-refractivity contribution in [1.29, 1.82) is 0 Å². The first-order chi connectivity index (χ1) is 4.74. The lowest BCUT2D eigenvalue weighted by molar-refractivity contribution is -0.114. The molecule has 0 aromatic rings. The van der Waals surface area contributed by atoms with Crippen LogP contribution in [0, 0.1) is 18.3 Å². The molecule has 0 saturated heterocycles. The largest absolute Gasteiger partial charge is 0.330 e. The maximum Gasteiger partial charge on any atom is 0.205 e. The van der Waals surface area contributed by atoms with Gasteiger partial charge in [0.2, 0.25) is 5.78 Å². The highest BCUT2D eigenvalue weighted by Crippen LogP contribution is 2.05. The second-order valence-corrected chi connectivity index (χ2v) is 2.28. The molecule has 0 rings (SSSR count). The Morgan fingerprint density at radius 2 is 2.40 bits per heavy atom. The summed E-state index contributed by atoms with van der Waals surface area (Å²) in [5, 5.41) is 0. The van der Waals surface area contributed by atoms with E-state index in [1.165, 1.54) is 0 Å². The zero-order valence-electron chi connectivity index (χ0n) is 6.26. The van der Waals surface area contributed by atoms with Crippen molar-refractivity contribution >= 4 is 5.78 Å². The average molecular weight is 139 g/mol. The summed E-state index contributed by atoms with van der Waals surface area (Å²) in [4.78, 5) is 10.6. The fourth-order valence-electron chi connectivity index (χ4n) is 0.715. The van der Waals surface area contributed by atoms with Crippen molar-refractivity contribution in [2.45, 2.75) is 19.8 Å². The Kier molecular flexibility index (Phi) is 4.61. The number of ketones is 1. The Hall–Kier alpha value is -0.810. The van der Waals surface area contributed by atoms with Crippen molar-refractivity contribution in [3.8, 4) is 12.3 Å². The number of Topliss-reactive ketones (excluding diaryl/α,β-unsaturated/α-hetero) is 1. The molecule has 0 radical (unpaired) electrons. The van der Waals surface area contributed by atoms with E-state index in [1.54, 1.807) is 0 Å². The summed E-state index contributed by atoms with van der Waals surface area (Å²) >= 11 is 0. The van der Waals surface area contributed by atoms with Crippen molar-refractivity contribution in [1.82, 2.24) is 0 Å². The molecular formula is C8H13NO. The molecule has 0 aliphatic heterocycles. The molecule has 0 fully saturated rings. The fourth-order valence-corrected chi connectivity index (χ4v) is 0.715. The van der Waals surface area contributed by atoms with Crippen LogP contribution in [-0.2, 0) is 4.79 Å². The fraction of sp³-hybridized carbons (Fsp3) is 0.625. The van der Waals surface area contributed by atoms with Crippen LogP contribution in [0.1, 0.15) is 19.8 Å². The predicted octanol–water partition coefficient (Wildman–Crippen LogP) is 0.564. The first-order valence-corrected chi connectivity index (χ1v) is 3.44. The summed E-state index contributed by atoms with van der Waals surface area (Å²) in [7, 11) is 0. The Morgan fingerprint density at radius 1 is 1.80 bits per heavy atom. The SMILES string of the molecule is C#CC(=O)CC(CC)CN. The lowest BCUT2D eigenvalue weighted by Crippen LogP contribution is -2.16. The van der Waals surface area contributed by atoms with E-state index in [2.05, 4.69) is 5.92 Å². The zero-order chi connectivity index (χ0) is 7.98. The van der Waals surface area contributed by atoms with E-state index >= 15 is 0 Å². The lowest BCUT2D eigenvalue weighted by atomic mass is 10.0. The van der Waals surface area contributed by atoms with E-state index in [9.17, 15) is 4.79 Å². The summed E-state index contributed by atoms with van der Waals surface area (Å²) in [5.74, 6) is 2.20. The third-order valence-electron chi connectivity index (χ3n) is 1.55. The number of carbonyl (C=O) groups excluding carboxylic acids is 1. The normalized spacial score (nSPS) is 12.1. The molecule has 2 nitrogen and oxygen atoms in total. The van der Waals surface area contributed by atoms with Crippen molar-refractivity contribution in [3.05, 3.63) is 0 Å². The standard InChI is InChI=1S/C8H13NO/c1-3-7(6-9)5-8(10)4-2/h2,7H,3,5-6,9H2,1H3. The quantitative estimate of drug-likeness (QED) is 0.457. The summed E-state index contributed by atoms with van der Waals surface area (Å²) < 4.78 is 0. The first-order valence-electron chi connectivity index (χ1n) is 3.44. The molecule has 0 spiro atoms. The summed E-state index contributed by atoms with van der Waals surface area (Å²) in [6.45, 7) is 2.55. The maximum atomic E-state index is 10.6. The van der Waals surface area contributed by atoms with Crippen LogP contribution in [0.4, 0.5) is 0 Å². The van der Waals surface area contributed by atoms with Gasteiger partial charge in [-0.05, 0) is 18.4 Å². The van der Waals surface area contributed by atoms with Crippen LogP contribution in [0.25, 0.3) is 0 Å². The average Bonchev–Trinajstić information content (AvgIpc) is 1.99. The number of hydrogen-bond acceptors (Lipinski definition) is 2. The molecule has 1 unspecified atom stereocenters. The summed E-state index contributed by atoms with van der Waals surface area (Å²) in [6, 6.07) is 0. The van der Waals surface area contributed by atoms with Gasteiger partial charge in [-0.15, -0.1) is 6.42 Å². The highest BCUT2D eigenvalue weighted by molar-refractivity contribution is 5.94. The minimum Gasteiger partial charge on any atom is -0.330 e. The second kappa shape index (κ2) is 5.01. The van der Waals surface area contributed by atoms with Crippen molar-refractivity contribution in [2.24, 2.45) is 11.7 Å². The molecule has 0 bridgehead atoms. The van der Waals surface area contributed by atoms with Gasteiger partial charge in [-0.3, -0.25) is 4.79 Å². The third-order valence-corrected chi connectivity index (χ3v) is 1.55. The van der Waals surface area contributed by atoms with E-state index in [0.29, 0.717) is 13.0 Å². The number of hydrogen-bond donors (Lipinski definition) is 1. The maximum absolute atomic E-state index is 10.6. The van der Waals surface area contributed by atoms with E-state index in [-0.39, 0.29) is 11.7 Å². The van der Waals surface area contributed by atoms with Gasteiger partial charge in [0, 0.05) is 6.42 Å². The molecule has 1 atom stereocenters. The molecule has 0 aromatic heterocycles. The third kappa shape index (κ3) is 3.26. The van der Waals surface area contributed by atoms with Crippen LogP contribution in [-0.4, -0.2) is 12.3 Å². The van der Waals surface area contributed by atoms with Crippen molar-refractivity contribution in [3.63, 3.8) is 0 Å². The van der Waals surface area contributed by atoms with Crippen LogP contribution in [0.2, 0.25) is 0 Å². The van der Waals surface area contributed by atoms with Crippen LogP contribution in [0.15, 0.2) is 0 Å². The van der Waals surface area contributed by atoms with Gasteiger partial charge in [0.05, 0.1) is 0 Å². The lowest BCUT2D eigenvalue weighted by Gasteiger charge is -2.07. The number of rotatable bonds is 4. The smallest absolute Gasteiger partial charge is 0.205 e. The van der Waals surface area contributed by atoms with Crippen molar-refractivity contribution < 1.29 is 4.79 Å². The van der Waals surface area contributed by atoms with Gasteiger partial charge in [-0.1, -0.05) is 13.3 Å². The summed E-state index contributed by atoms with van der Waals surface area (Å²) in [5.41, 5.74) is 5.37. The minimum atomic E-state index is -0.141. The molecule has 56 valence electrons. The Morgan fingerprint density at radius 3 is 2.70 bits per heavy atom. The van der Waals surface area contributed by atoms with Crippen LogP contribution in [0.5, 0.6) is 0 Å². The molecule has 2 N–H and O–H groups in total. The topological polar surface area (TPSA) is 43.1 Å². The molecule has 2 heteroatoms. The van der Waals surface area contributed by atoms with Gasteiger partial charge in [-0.2, -0.15) is 0 Å². The molecule has 0 aliphatic carbocycles. The van der Waals surface area contributed by atoms with Gasteiger partial charge in [0.25, 0.3) is 0 Å². The Balaban J connectivity index is 3.65. The van der Waals surface area contributed by atoms with Crippen molar-refractivity contribution in [2.75, 3.05) is 6.54 Å². The highest BCUT2D eigenvalue weighted by Gasteiger charge is 2.07. The van der Waals surface area contributed by atoms with Crippen LogP contribution in [0.3, 0.4) is 0 Å². The molecule has 10 heavy (non-hydrogen) atoms. The van der Waals surface area contributed by atoms with E-state index in [4.69, 9.17) is 12.2 Å². The van der Waals surface area contributed by atoms with Gasteiger partial charge in [0.15, 0.2) is 0 Å². The van der Waals surface area contributed by atoms with E-state index < -0.39 is 0 Å². The van der Waals surface area contributed by atoms with Gasteiger partial charge in [-0.25, -0.2) is 0 Å². The molecule has 0 heterocycles. The molecule has 0 aromatic carbocycles. The second-order valence-electron chi connectivity index (χ2n) is 2.28. The predicted molar refractivity (Wildman–Crippen MR) is 41.3 cm³/mol. The molecular weight excluding hydrogens is 126 g/mol. The first kappa shape index (κ1) is 9.19. The van der Waals surface area contributed by atoms with E-state index in [1.807, 2.05) is 6.92 Å². The minimum absolute atomic E-state index is 0.141. The van der Waals surface area contributed by atoms with Crippen LogP contribution < -0.4 is 5.73 Å². The number of carbonyl (C=O) groups is 1. The van der Waals surface area contributed by atoms with E-state index in [0.717, 1.165) is 6.42 Å². The summed E-state index contributed by atoms with van der Waals surface area (Å²) in [6.07, 6.45) is 6.24. The monoisotopic (exact) mass is 139 g/mol. The molecule has 0 aliphatic rings. The van der Waals surface area contributed by atoms with Gasteiger partial charge < -0.3 is 5.73 Å². The highest BCUT2D eigenvalue weighted by atomic mass is 16.1. The Bertz CT molecular complexity index is 142. The zero-order valence-corrected chi connectivity index (χ0v) is 6.26.